The van der Waals surface area contributed by atoms with Gasteiger partial charge in [-0.2, -0.15) is 0 Å². The summed E-state index contributed by atoms with van der Waals surface area (Å²) in [6.45, 7) is 0. The molecule has 0 fully saturated rings. The number of hydrogen-bond acceptors (Lipinski definition) is 4. The van der Waals surface area contributed by atoms with E-state index < -0.39 is 0 Å². The molecule has 0 unspecified atom stereocenters. The summed E-state index contributed by atoms with van der Waals surface area (Å²) in [6, 6.07) is 8.07. The largest absolute Gasteiger partial charge is 0.472 e. The summed E-state index contributed by atoms with van der Waals surface area (Å²) in [7, 11) is 0. The maximum absolute atomic E-state index is 5.11. The number of furan rings is 1. The zero-order valence-electron chi connectivity index (χ0n) is 10.5. The van der Waals surface area contributed by atoms with Gasteiger partial charge >= 0.3 is 0 Å². The van der Waals surface area contributed by atoms with Crippen molar-refractivity contribution in [2.75, 3.05) is 0 Å². The molecular weight excluding hydrogens is 252 g/mol. The number of benzene rings is 1. The fourth-order valence-corrected chi connectivity index (χ4v) is 2.24. The quantitative estimate of drug-likeness (QED) is 0.557. The second-order valence-electron chi connectivity index (χ2n) is 4.43. The average molecular weight is 262 g/mol. The van der Waals surface area contributed by atoms with Gasteiger partial charge in [0, 0.05) is 5.56 Å². The molecule has 3 heterocycles. The van der Waals surface area contributed by atoms with Gasteiger partial charge in [-0.05, 0) is 23.8 Å². The van der Waals surface area contributed by atoms with Gasteiger partial charge in [-0.1, -0.05) is 6.07 Å². The van der Waals surface area contributed by atoms with Crippen molar-refractivity contribution in [2.45, 2.75) is 0 Å². The Morgan fingerprint density at radius 2 is 1.90 bits per heavy atom. The lowest BCUT2D eigenvalue weighted by Crippen LogP contribution is -1.93. The van der Waals surface area contributed by atoms with Crippen LogP contribution in [0.15, 0.2) is 66.3 Å². The molecule has 5 heteroatoms. The average Bonchev–Trinajstić information content (AvgIpc) is 3.17. The Hall–Kier alpha value is -2.95. The van der Waals surface area contributed by atoms with E-state index in [2.05, 4.69) is 21.0 Å². The van der Waals surface area contributed by atoms with Crippen LogP contribution in [0.2, 0.25) is 0 Å². The van der Waals surface area contributed by atoms with Crippen LogP contribution in [0, 0.1) is 0 Å². The molecule has 0 amide bonds. The molecule has 0 bridgehead atoms. The summed E-state index contributed by atoms with van der Waals surface area (Å²) in [4.78, 5) is 12.5. The molecule has 0 N–H and O–H groups in total. The van der Waals surface area contributed by atoms with Crippen LogP contribution in [-0.4, -0.2) is 19.5 Å². The highest BCUT2D eigenvalue weighted by atomic mass is 16.3. The molecule has 0 aliphatic rings. The molecule has 20 heavy (non-hydrogen) atoms. The summed E-state index contributed by atoms with van der Waals surface area (Å²) in [5, 5.41) is 0. The number of aromatic nitrogens is 4. The minimum atomic E-state index is 0.895. The Balaban J connectivity index is 1.87. The van der Waals surface area contributed by atoms with Crippen LogP contribution >= 0.6 is 0 Å². The summed E-state index contributed by atoms with van der Waals surface area (Å²) < 4.78 is 7.08. The second-order valence-corrected chi connectivity index (χ2v) is 4.43. The Kier molecular flexibility index (Phi) is 2.35. The zero-order valence-corrected chi connectivity index (χ0v) is 10.5. The molecule has 0 radical (unpaired) electrons. The molecule has 0 saturated heterocycles. The van der Waals surface area contributed by atoms with Crippen molar-refractivity contribution in [3.8, 4) is 16.8 Å². The van der Waals surface area contributed by atoms with Gasteiger partial charge in [0.1, 0.15) is 12.7 Å². The van der Waals surface area contributed by atoms with Crippen LogP contribution in [0.3, 0.4) is 0 Å². The lowest BCUT2D eigenvalue weighted by Gasteiger charge is -2.03. The summed E-state index contributed by atoms with van der Waals surface area (Å²) >= 11 is 0. The van der Waals surface area contributed by atoms with E-state index in [0.29, 0.717) is 0 Å². The van der Waals surface area contributed by atoms with Gasteiger partial charge in [-0.25, -0.2) is 15.0 Å². The molecule has 0 saturated carbocycles. The highest BCUT2D eigenvalue weighted by Crippen LogP contribution is 2.25. The van der Waals surface area contributed by atoms with E-state index in [0.717, 1.165) is 27.8 Å². The van der Waals surface area contributed by atoms with Crippen LogP contribution in [0.4, 0.5) is 0 Å². The molecule has 0 spiro atoms. The van der Waals surface area contributed by atoms with Gasteiger partial charge < -0.3 is 4.42 Å². The van der Waals surface area contributed by atoms with Gasteiger partial charge in [0.05, 0.1) is 41.6 Å². The standard InChI is InChI=1S/C15H10N4O/c1-2-15-14(5-11(1)12-3-4-20-8-12)18-10-19(15)13-6-16-9-17-7-13/h1-10H. The minimum absolute atomic E-state index is 0.895. The Bertz CT molecular complexity index is 850. The van der Waals surface area contributed by atoms with E-state index in [1.807, 2.05) is 22.8 Å². The lowest BCUT2D eigenvalue weighted by molar-refractivity contribution is 0.568. The number of imidazole rings is 1. The third-order valence-corrected chi connectivity index (χ3v) is 3.23. The van der Waals surface area contributed by atoms with Crippen molar-refractivity contribution < 1.29 is 4.42 Å². The Morgan fingerprint density at radius 1 is 1.00 bits per heavy atom. The van der Waals surface area contributed by atoms with Crippen molar-refractivity contribution in [3.05, 3.63) is 61.8 Å². The maximum atomic E-state index is 5.11. The lowest BCUT2D eigenvalue weighted by atomic mass is 10.1. The first-order chi connectivity index (χ1) is 9.92. The normalized spacial score (nSPS) is 11.0. The molecule has 5 nitrogen and oxygen atoms in total. The van der Waals surface area contributed by atoms with E-state index >= 15 is 0 Å². The van der Waals surface area contributed by atoms with Gasteiger partial charge in [0.15, 0.2) is 0 Å². The predicted octanol–water partition coefficient (Wildman–Crippen LogP) is 3.08. The molecule has 0 aliphatic heterocycles. The van der Waals surface area contributed by atoms with Crippen LogP contribution in [0.25, 0.3) is 27.8 Å². The van der Waals surface area contributed by atoms with E-state index in [9.17, 15) is 0 Å². The minimum Gasteiger partial charge on any atom is -0.472 e. The summed E-state index contributed by atoms with van der Waals surface area (Å²) in [6.07, 6.45) is 10.2. The Morgan fingerprint density at radius 3 is 2.70 bits per heavy atom. The highest BCUT2D eigenvalue weighted by Gasteiger charge is 2.07. The summed E-state index contributed by atoms with van der Waals surface area (Å²) in [5.41, 5.74) is 4.97. The number of nitrogens with zero attached hydrogens (tertiary/aromatic N) is 4. The van der Waals surface area contributed by atoms with Crippen LogP contribution < -0.4 is 0 Å². The van der Waals surface area contributed by atoms with Crippen LogP contribution in [0.5, 0.6) is 0 Å². The summed E-state index contributed by atoms with van der Waals surface area (Å²) in [5.74, 6) is 0. The topological polar surface area (TPSA) is 56.7 Å². The molecule has 96 valence electrons. The first-order valence-electron chi connectivity index (χ1n) is 6.17. The number of fused-ring (bicyclic) bond motifs is 1. The first-order valence-corrected chi connectivity index (χ1v) is 6.17. The third-order valence-electron chi connectivity index (χ3n) is 3.23. The molecule has 4 rings (SSSR count). The van der Waals surface area contributed by atoms with Gasteiger partial charge in [-0.15, -0.1) is 0 Å². The van der Waals surface area contributed by atoms with Crippen LogP contribution in [-0.2, 0) is 0 Å². The van der Waals surface area contributed by atoms with Crippen molar-refractivity contribution in [1.29, 1.82) is 0 Å². The second kappa shape index (κ2) is 4.31. The predicted molar refractivity (Wildman–Crippen MR) is 74.4 cm³/mol. The van der Waals surface area contributed by atoms with Crippen molar-refractivity contribution in [1.82, 2.24) is 19.5 Å². The van der Waals surface area contributed by atoms with E-state index in [1.165, 1.54) is 6.33 Å². The molecule has 4 aromatic rings. The maximum Gasteiger partial charge on any atom is 0.115 e. The fraction of sp³-hybridized carbons (Fsp3) is 0. The van der Waals surface area contributed by atoms with Crippen molar-refractivity contribution >= 4 is 11.0 Å². The third kappa shape index (κ3) is 1.68. The van der Waals surface area contributed by atoms with Crippen molar-refractivity contribution in [2.24, 2.45) is 0 Å². The number of hydrogen-bond donors (Lipinski definition) is 0. The molecular formula is C15H10N4O. The van der Waals surface area contributed by atoms with Gasteiger partial charge in [-0.3, -0.25) is 4.57 Å². The highest BCUT2D eigenvalue weighted by molar-refractivity contribution is 5.83. The molecule has 3 aromatic heterocycles. The molecule has 1 aromatic carbocycles. The van der Waals surface area contributed by atoms with E-state index in [-0.39, 0.29) is 0 Å². The van der Waals surface area contributed by atoms with Gasteiger partial charge in [0.2, 0.25) is 0 Å². The monoisotopic (exact) mass is 262 g/mol. The molecule has 0 atom stereocenters. The fourth-order valence-electron chi connectivity index (χ4n) is 2.24. The smallest absolute Gasteiger partial charge is 0.115 e. The SMILES string of the molecule is c1ncc(-n2cnc3cc(-c4ccoc4)ccc32)cn1. The first kappa shape index (κ1) is 10.9. The van der Waals surface area contributed by atoms with Crippen LogP contribution in [0.1, 0.15) is 0 Å². The van der Waals surface area contributed by atoms with E-state index in [4.69, 9.17) is 4.42 Å². The molecule has 0 aliphatic carbocycles. The van der Waals surface area contributed by atoms with Crippen molar-refractivity contribution in [3.63, 3.8) is 0 Å². The zero-order chi connectivity index (χ0) is 13.4. The van der Waals surface area contributed by atoms with E-state index in [1.54, 1.807) is 31.2 Å². The Labute approximate surface area is 114 Å². The van der Waals surface area contributed by atoms with Gasteiger partial charge in [0.25, 0.3) is 0 Å². The number of rotatable bonds is 2.